The number of carboxylic acid groups (broad SMARTS) is 1. The van der Waals surface area contributed by atoms with Crippen LogP contribution in [0.2, 0.25) is 0 Å². The molecule has 0 aliphatic heterocycles. The molecule has 0 fully saturated rings. The van der Waals surface area contributed by atoms with E-state index in [2.05, 4.69) is 15.5 Å². The molecule has 6 nitrogen and oxygen atoms in total. The van der Waals surface area contributed by atoms with Crippen LogP contribution in [0, 0.1) is 0 Å². The van der Waals surface area contributed by atoms with Crippen LogP contribution in [0.15, 0.2) is 23.8 Å². The summed E-state index contributed by atoms with van der Waals surface area (Å²) in [6.45, 7) is 0. The lowest BCUT2D eigenvalue weighted by Crippen LogP contribution is -2.14. The molecule has 0 aromatic carbocycles. The molecule has 2 rings (SSSR count). The first-order chi connectivity index (χ1) is 7.27. The summed E-state index contributed by atoms with van der Waals surface area (Å²) in [5.74, 6) is -0.871. The van der Waals surface area contributed by atoms with E-state index < -0.39 is 5.97 Å². The van der Waals surface area contributed by atoms with Crippen molar-refractivity contribution < 1.29 is 9.90 Å². The quantitative estimate of drug-likeness (QED) is 0.830. The summed E-state index contributed by atoms with van der Waals surface area (Å²) in [6, 6.07) is 3.43. The normalized spacial score (nSPS) is 12.5. The molecule has 0 radical (unpaired) electrons. The summed E-state index contributed by atoms with van der Waals surface area (Å²) in [6.07, 6.45) is 1.40. The molecular formula is C8H8N4O2S. The Bertz CT molecular complexity index is 391. The Morgan fingerprint density at radius 3 is 3.07 bits per heavy atom. The van der Waals surface area contributed by atoms with Crippen LogP contribution in [0.3, 0.4) is 0 Å². The molecule has 7 heteroatoms. The van der Waals surface area contributed by atoms with Crippen molar-refractivity contribution in [2.24, 2.45) is 0 Å². The van der Waals surface area contributed by atoms with Crippen molar-refractivity contribution in [3.05, 3.63) is 28.7 Å². The maximum atomic E-state index is 10.7. The van der Waals surface area contributed by atoms with E-state index in [0.29, 0.717) is 0 Å². The fraction of sp³-hybridized carbons (Fsp3) is 0.250. The monoisotopic (exact) mass is 224 g/mol. The van der Waals surface area contributed by atoms with Gasteiger partial charge in [0.1, 0.15) is 12.4 Å². The fourth-order valence-corrected chi connectivity index (χ4v) is 2.10. The van der Waals surface area contributed by atoms with E-state index in [1.807, 2.05) is 17.5 Å². The van der Waals surface area contributed by atoms with Crippen molar-refractivity contribution in [3.63, 3.8) is 0 Å². The van der Waals surface area contributed by atoms with Gasteiger partial charge in [0.25, 0.3) is 0 Å². The number of aliphatic carboxylic acids is 1. The predicted octanol–water partition coefficient (Wildman–Crippen LogP) is 0.799. The van der Waals surface area contributed by atoms with Gasteiger partial charge >= 0.3 is 5.97 Å². The molecule has 1 N–H and O–H groups in total. The van der Waals surface area contributed by atoms with E-state index in [9.17, 15) is 4.79 Å². The Morgan fingerprint density at radius 1 is 1.67 bits per heavy atom. The summed E-state index contributed by atoms with van der Waals surface area (Å²) in [5.41, 5.74) is 0. The van der Waals surface area contributed by atoms with E-state index >= 15 is 0 Å². The SMILES string of the molecule is O=C(O)C[C@@H](c1cccs1)n1cnnn1. The number of carbonyl (C=O) groups is 1. The van der Waals surface area contributed by atoms with Gasteiger partial charge in [0.05, 0.1) is 6.42 Å². The lowest BCUT2D eigenvalue weighted by molar-refractivity contribution is -0.137. The highest BCUT2D eigenvalue weighted by molar-refractivity contribution is 7.10. The summed E-state index contributed by atoms with van der Waals surface area (Å²) in [7, 11) is 0. The molecule has 2 heterocycles. The molecule has 0 saturated heterocycles. The van der Waals surface area contributed by atoms with Crippen molar-refractivity contribution in [2.45, 2.75) is 12.5 Å². The van der Waals surface area contributed by atoms with Gasteiger partial charge < -0.3 is 5.11 Å². The van der Waals surface area contributed by atoms with Gasteiger partial charge in [-0.05, 0) is 21.9 Å². The largest absolute Gasteiger partial charge is 0.481 e. The summed E-state index contributed by atoms with van der Waals surface area (Å²) >= 11 is 1.49. The van der Waals surface area contributed by atoms with Crippen LogP contribution < -0.4 is 0 Å². The number of tetrazole rings is 1. The number of nitrogens with zero attached hydrogens (tertiary/aromatic N) is 4. The third kappa shape index (κ3) is 2.18. The molecule has 15 heavy (non-hydrogen) atoms. The molecule has 0 aliphatic carbocycles. The van der Waals surface area contributed by atoms with E-state index in [0.717, 1.165) is 4.88 Å². The van der Waals surface area contributed by atoms with E-state index in [-0.39, 0.29) is 12.5 Å². The molecule has 0 spiro atoms. The van der Waals surface area contributed by atoms with E-state index in [4.69, 9.17) is 5.11 Å². The second-order valence-corrected chi connectivity index (χ2v) is 3.90. The van der Waals surface area contributed by atoms with Crippen LogP contribution in [0.25, 0.3) is 0 Å². The third-order valence-corrected chi connectivity index (χ3v) is 2.90. The maximum Gasteiger partial charge on any atom is 0.305 e. The first kappa shape index (κ1) is 9.78. The van der Waals surface area contributed by atoms with Crippen molar-refractivity contribution in [2.75, 3.05) is 0 Å². The minimum atomic E-state index is -0.871. The number of rotatable bonds is 4. The van der Waals surface area contributed by atoms with Crippen LogP contribution in [0.1, 0.15) is 17.3 Å². The molecule has 78 valence electrons. The smallest absolute Gasteiger partial charge is 0.305 e. The van der Waals surface area contributed by atoms with E-state index in [1.54, 1.807) is 0 Å². The van der Waals surface area contributed by atoms with Crippen molar-refractivity contribution in [1.82, 2.24) is 20.2 Å². The Balaban J connectivity index is 2.29. The Morgan fingerprint density at radius 2 is 2.53 bits per heavy atom. The van der Waals surface area contributed by atoms with Crippen molar-refractivity contribution in [3.8, 4) is 0 Å². The van der Waals surface area contributed by atoms with E-state index in [1.165, 1.54) is 22.3 Å². The first-order valence-electron chi connectivity index (χ1n) is 4.25. The Labute approximate surface area is 89.2 Å². The zero-order chi connectivity index (χ0) is 10.7. The van der Waals surface area contributed by atoms with Gasteiger partial charge in [-0.2, -0.15) is 0 Å². The zero-order valence-electron chi connectivity index (χ0n) is 7.65. The second-order valence-electron chi connectivity index (χ2n) is 2.92. The van der Waals surface area contributed by atoms with Gasteiger partial charge in [-0.3, -0.25) is 4.79 Å². The van der Waals surface area contributed by atoms with Gasteiger partial charge in [-0.15, -0.1) is 16.4 Å². The van der Waals surface area contributed by atoms with Crippen LogP contribution in [-0.2, 0) is 4.79 Å². The zero-order valence-corrected chi connectivity index (χ0v) is 8.46. The molecule has 0 unspecified atom stereocenters. The van der Waals surface area contributed by atoms with Crippen molar-refractivity contribution >= 4 is 17.3 Å². The summed E-state index contributed by atoms with van der Waals surface area (Å²) < 4.78 is 1.46. The van der Waals surface area contributed by atoms with Gasteiger partial charge in [-0.1, -0.05) is 6.07 Å². The van der Waals surface area contributed by atoms with Gasteiger partial charge in [0, 0.05) is 4.88 Å². The molecule has 2 aromatic heterocycles. The predicted molar refractivity (Wildman–Crippen MR) is 52.5 cm³/mol. The number of thiophene rings is 1. The lowest BCUT2D eigenvalue weighted by atomic mass is 10.2. The summed E-state index contributed by atoms with van der Waals surface area (Å²) in [4.78, 5) is 11.7. The van der Waals surface area contributed by atoms with Crippen LogP contribution in [0.4, 0.5) is 0 Å². The third-order valence-electron chi connectivity index (χ3n) is 1.92. The average Bonchev–Trinajstić information content (AvgIpc) is 2.87. The molecular weight excluding hydrogens is 216 g/mol. The Hall–Kier alpha value is -1.76. The minimum absolute atomic E-state index is 0.0223. The van der Waals surface area contributed by atoms with Gasteiger partial charge in [-0.25, -0.2) is 4.68 Å². The van der Waals surface area contributed by atoms with Crippen molar-refractivity contribution in [1.29, 1.82) is 0 Å². The number of aromatic nitrogens is 4. The topological polar surface area (TPSA) is 80.9 Å². The van der Waals surface area contributed by atoms with Crippen LogP contribution in [-0.4, -0.2) is 31.3 Å². The molecule has 0 aliphatic rings. The van der Waals surface area contributed by atoms with Crippen LogP contribution in [0.5, 0.6) is 0 Å². The van der Waals surface area contributed by atoms with Gasteiger partial charge in [0.15, 0.2) is 0 Å². The van der Waals surface area contributed by atoms with Gasteiger partial charge in [0.2, 0.25) is 0 Å². The standard InChI is InChI=1S/C8H8N4O2S/c13-8(14)4-6(7-2-1-3-15-7)12-5-9-10-11-12/h1-3,5-6H,4H2,(H,13,14)/t6-/m0/s1. The number of carboxylic acids is 1. The Kier molecular flexibility index (Phi) is 2.72. The molecule has 0 bridgehead atoms. The maximum absolute atomic E-state index is 10.7. The number of hydrogen-bond acceptors (Lipinski definition) is 5. The first-order valence-corrected chi connectivity index (χ1v) is 5.13. The molecule has 0 saturated carbocycles. The highest BCUT2D eigenvalue weighted by Crippen LogP contribution is 2.24. The average molecular weight is 224 g/mol. The highest BCUT2D eigenvalue weighted by Gasteiger charge is 2.19. The minimum Gasteiger partial charge on any atom is -0.481 e. The molecule has 0 amide bonds. The lowest BCUT2D eigenvalue weighted by Gasteiger charge is -2.11. The van der Waals surface area contributed by atoms with Crippen LogP contribution >= 0.6 is 11.3 Å². The molecule has 2 aromatic rings. The highest BCUT2D eigenvalue weighted by atomic mass is 32.1. The number of hydrogen-bond donors (Lipinski definition) is 1. The summed E-state index contributed by atoms with van der Waals surface area (Å²) in [5, 5.41) is 21.4. The molecule has 1 atom stereocenters. The fourth-order valence-electron chi connectivity index (χ4n) is 1.28. The second kappa shape index (κ2) is 4.18.